The van der Waals surface area contributed by atoms with E-state index in [9.17, 15) is 4.79 Å². The van der Waals surface area contributed by atoms with Crippen molar-refractivity contribution in [2.45, 2.75) is 12.8 Å². The van der Waals surface area contributed by atoms with Crippen molar-refractivity contribution in [3.8, 4) is 10.6 Å². The molecule has 0 spiro atoms. The lowest BCUT2D eigenvalue weighted by atomic mass is 9.99. The predicted octanol–water partition coefficient (Wildman–Crippen LogP) is 6.47. The van der Waals surface area contributed by atoms with Crippen molar-refractivity contribution >= 4 is 43.9 Å². The van der Waals surface area contributed by atoms with E-state index >= 15 is 0 Å². The fourth-order valence-electron chi connectivity index (χ4n) is 4.34. The number of nitrogens with zero attached hydrogens (tertiary/aromatic N) is 1. The van der Waals surface area contributed by atoms with Crippen LogP contribution in [0, 0.1) is 0 Å². The number of hydrogen-bond donors (Lipinski definition) is 1. The Hall–Kier alpha value is -3.50. The van der Waals surface area contributed by atoms with Crippen molar-refractivity contribution in [3.63, 3.8) is 0 Å². The molecule has 6 rings (SSSR count). The third-order valence-electron chi connectivity index (χ3n) is 5.81. The van der Waals surface area contributed by atoms with Gasteiger partial charge in [-0.1, -0.05) is 36.4 Å². The summed E-state index contributed by atoms with van der Waals surface area (Å²) in [6, 6.07) is 26.4. The molecule has 1 N–H and O–H groups in total. The number of fused-ring (bicyclic) bond motifs is 1. The minimum atomic E-state index is -0.0710. The SMILES string of the molecule is O=C(Nc1ccc(-c2nc3ccccc3s2)cc1)c1ccc2c3c(cccc13)CC2. The lowest BCUT2D eigenvalue weighted by Gasteiger charge is -2.10. The second kappa shape index (κ2) is 6.78. The van der Waals surface area contributed by atoms with Crippen LogP contribution in [0.5, 0.6) is 0 Å². The Morgan fingerprint density at radius 3 is 2.47 bits per heavy atom. The number of carbonyl (C=O) groups excluding carboxylic acids is 1. The zero-order chi connectivity index (χ0) is 20.1. The highest BCUT2D eigenvalue weighted by Crippen LogP contribution is 2.33. The van der Waals surface area contributed by atoms with Gasteiger partial charge in [0.15, 0.2) is 0 Å². The third-order valence-corrected chi connectivity index (χ3v) is 6.89. The summed E-state index contributed by atoms with van der Waals surface area (Å²) in [6.07, 6.45) is 2.12. The number of aromatic nitrogens is 1. The van der Waals surface area contributed by atoms with Crippen LogP contribution in [-0.2, 0) is 12.8 Å². The summed E-state index contributed by atoms with van der Waals surface area (Å²) in [7, 11) is 0. The average Bonchev–Trinajstić information content (AvgIpc) is 3.40. The molecule has 0 bridgehead atoms. The molecule has 1 amide bonds. The van der Waals surface area contributed by atoms with E-state index in [0.717, 1.165) is 45.6 Å². The first-order chi connectivity index (χ1) is 14.8. The van der Waals surface area contributed by atoms with E-state index in [1.807, 2.05) is 48.5 Å². The second-order valence-corrected chi connectivity index (χ2v) is 8.66. The van der Waals surface area contributed by atoms with Crippen LogP contribution in [0.15, 0.2) is 78.9 Å². The maximum absolute atomic E-state index is 13.0. The highest BCUT2D eigenvalue weighted by atomic mass is 32.1. The lowest BCUT2D eigenvalue weighted by molar-refractivity contribution is 0.102. The molecule has 3 nitrogen and oxygen atoms in total. The molecule has 0 fully saturated rings. The van der Waals surface area contributed by atoms with Crippen LogP contribution >= 0.6 is 11.3 Å². The van der Waals surface area contributed by atoms with Gasteiger partial charge in [0, 0.05) is 16.8 Å². The van der Waals surface area contributed by atoms with Crippen molar-refractivity contribution in [2.75, 3.05) is 5.32 Å². The topological polar surface area (TPSA) is 42.0 Å². The van der Waals surface area contributed by atoms with E-state index in [1.54, 1.807) is 11.3 Å². The molecule has 1 aliphatic carbocycles. The smallest absolute Gasteiger partial charge is 0.256 e. The maximum atomic E-state index is 13.0. The number of aryl methyl sites for hydroxylation is 2. The quantitative estimate of drug-likeness (QED) is 0.373. The molecule has 30 heavy (non-hydrogen) atoms. The molecule has 4 heteroatoms. The molecule has 0 saturated carbocycles. The molecule has 1 heterocycles. The Kier molecular flexibility index (Phi) is 3.93. The van der Waals surface area contributed by atoms with E-state index in [1.165, 1.54) is 21.2 Å². The third kappa shape index (κ3) is 2.80. The van der Waals surface area contributed by atoms with Gasteiger partial charge >= 0.3 is 0 Å². The molecule has 4 aromatic carbocycles. The van der Waals surface area contributed by atoms with Crippen LogP contribution < -0.4 is 5.32 Å². The molecule has 1 aromatic heterocycles. The lowest BCUT2D eigenvalue weighted by Crippen LogP contribution is -2.12. The van der Waals surface area contributed by atoms with Gasteiger partial charge in [0.05, 0.1) is 10.2 Å². The molecule has 0 unspecified atom stereocenters. The summed E-state index contributed by atoms with van der Waals surface area (Å²) in [5, 5.41) is 6.35. The summed E-state index contributed by atoms with van der Waals surface area (Å²) >= 11 is 1.68. The molecule has 144 valence electrons. The Morgan fingerprint density at radius 2 is 1.63 bits per heavy atom. The summed E-state index contributed by atoms with van der Waals surface area (Å²) < 4.78 is 1.18. The summed E-state index contributed by atoms with van der Waals surface area (Å²) in [5.41, 5.74) is 6.28. The Morgan fingerprint density at radius 1 is 0.833 bits per heavy atom. The van der Waals surface area contributed by atoms with Gasteiger partial charge in [0.2, 0.25) is 0 Å². The van der Waals surface area contributed by atoms with Crippen LogP contribution in [0.1, 0.15) is 21.5 Å². The van der Waals surface area contributed by atoms with Crippen LogP contribution in [0.2, 0.25) is 0 Å². The average molecular weight is 407 g/mol. The monoisotopic (exact) mass is 406 g/mol. The molecular weight excluding hydrogens is 388 g/mol. The van der Waals surface area contributed by atoms with Crippen molar-refractivity contribution in [2.24, 2.45) is 0 Å². The fourth-order valence-corrected chi connectivity index (χ4v) is 5.31. The molecular formula is C26H18N2OS. The largest absolute Gasteiger partial charge is 0.322 e. The maximum Gasteiger partial charge on any atom is 0.256 e. The zero-order valence-electron chi connectivity index (χ0n) is 16.2. The van der Waals surface area contributed by atoms with E-state index < -0.39 is 0 Å². The first-order valence-electron chi connectivity index (χ1n) is 10.1. The standard InChI is InChI=1S/C26H18N2OS/c29-25(21-15-12-17-9-8-16-4-3-5-20(21)24(16)17)27-19-13-10-18(11-14-19)26-28-22-6-1-2-7-23(22)30-26/h1-7,10-15H,8-9H2,(H,27,29). The minimum absolute atomic E-state index is 0.0710. The molecule has 1 aliphatic rings. The molecule has 0 atom stereocenters. The van der Waals surface area contributed by atoms with Gasteiger partial charge in [-0.3, -0.25) is 4.79 Å². The van der Waals surface area contributed by atoms with Gasteiger partial charge in [0.25, 0.3) is 5.91 Å². The fraction of sp³-hybridized carbons (Fsp3) is 0.0769. The zero-order valence-corrected chi connectivity index (χ0v) is 17.0. The van der Waals surface area contributed by atoms with Gasteiger partial charge in [-0.25, -0.2) is 4.98 Å². The number of rotatable bonds is 3. The first-order valence-corrected chi connectivity index (χ1v) is 10.9. The Balaban J connectivity index is 1.29. The van der Waals surface area contributed by atoms with Crippen LogP contribution in [0.3, 0.4) is 0 Å². The number of amides is 1. The number of carbonyl (C=O) groups is 1. The van der Waals surface area contributed by atoms with Crippen LogP contribution in [0.4, 0.5) is 5.69 Å². The van der Waals surface area contributed by atoms with Crippen molar-refractivity contribution in [3.05, 3.63) is 95.6 Å². The van der Waals surface area contributed by atoms with Crippen molar-refractivity contribution in [1.82, 2.24) is 4.98 Å². The van der Waals surface area contributed by atoms with Crippen LogP contribution in [-0.4, -0.2) is 10.9 Å². The summed E-state index contributed by atoms with van der Waals surface area (Å²) in [5.74, 6) is -0.0710. The number of anilines is 1. The highest BCUT2D eigenvalue weighted by Gasteiger charge is 2.18. The highest BCUT2D eigenvalue weighted by molar-refractivity contribution is 7.21. The number of thiazole rings is 1. The summed E-state index contributed by atoms with van der Waals surface area (Å²) in [6.45, 7) is 0. The minimum Gasteiger partial charge on any atom is -0.322 e. The van der Waals surface area contributed by atoms with Gasteiger partial charge < -0.3 is 5.32 Å². The van der Waals surface area contributed by atoms with Crippen LogP contribution in [0.25, 0.3) is 31.6 Å². The van der Waals surface area contributed by atoms with Crippen molar-refractivity contribution in [1.29, 1.82) is 0 Å². The van der Waals surface area contributed by atoms with Gasteiger partial charge in [-0.2, -0.15) is 0 Å². The molecule has 0 radical (unpaired) electrons. The van der Waals surface area contributed by atoms with Gasteiger partial charge in [-0.15, -0.1) is 11.3 Å². The van der Waals surface area contributed by atoms with E-state index in [0.29, 0.717) is 0 Å². The molecule has 5 aromatic rings. The van der Waals surface area contributed by atoms with Gasteiger partial charge in [0.1, 0.15) is 5.01 Å². The predicted molar refractivity (Wildman–Crippen MR) is 124 cm³/mol. The number of para-hydroxylation sites is 1. The van der Waals surface area contributed by atoms with E-state index in [4.69, 9.17) is 4.98 Å². The van der Waals surface area contributed by atoms with E-state index in [2.05, 4.69) is 35.6 Å². The van der Waals surface area contributed by atoms with Crippen molar-refractivity contribution < 1.29 is 4.79 Å². The van der Waals surface area contributed by atoms with Gasteiger partial charge in [-0.05, 0) is 77.2 Å². The Labute approximate surface area is 178 Å². The Bertz CT molecular complexity index is 1390. The van der Waals surface area contributed by atoms with E-state index in [-0.39, 0.29) is 5.91 Å². The second-order valence-electron chi connectivity index (χ2n) is 7.63. The first kappa shape index (κ1) is 17.4. The number of nitrogens with one attached hydrogen (secondary N) is 1. The normalized spacial score (nSPS) is 12.5. The molecule has 0 saturated heterocycles. The summed E-state index contributed by atoms with van der Waals surface area (Å²) in [4.78, 5) is 17.7. The number of benzene rings is 4. The number of hydrogen-bond acceptors (Lipinski definition) is 3. The molecule has 0 aliphatic heterocycles.